The van der Waals surface area contributed by atoms with Crippen molar-refractivity contribution in [2.75, 3.05) is 38.0 Å². The Labute approximate surface area is 107 Å². The molecule has 0 amide bonds. The van der Waals surface area contributed by atoms with Gasteiger partial charge in [0.15, 0.2) is 0 Å². The summed E-state index contributed by atoms with van der Waals surface area (Å²) in [6.45, 7) is 0.876. The fourth-order valence-corrected chi connectivity index (χ4v) is 2.46. The van der Waals surface area contributed by atoms with Crippen molar-refractivity contribution in [2.45, 2.75) is 4.90 Å². The van der Waals surface area contributed by atoms with Gasteiger partial charge in [0, 0.05) is 32.1 Å². The molecular weight excluding hydrogens is 256 g/mol. The van der Waals surface area contributed by atoms with E-state index < -0.39 is 10.0 Å². The van der Waals surface area contributed by atoms with Crippen LogP contribution >= 0.6 is 11.8 Å². The zero-order valence-electron chi connectivity index (χ0n) is 10.3. The molecule has 0 saturated heterocycles. The molecule has 0 spiro atoms. The standard InChI is InChI=1S/C11H18N2O2S2/c1-13(2)17(14,15)11-6-4-10(5-7-11)12-8-9-16-3/h4-7,12H,8-9H2,1-3H3. The lowest BCUT2D eigenvalue weighted by molar-refractivity contribution is 0.521. The van der Waals surface area contributed by atoms with Crippen LogP contribution in [0.1, 0.15) is 0 Å². The van der Waals surface area contributed by atoms with Gasteiger partial charge in [-0.15, -0.1) is 0 Å². The first-order valence-corrected chi connectivity index (χ1v) is 8.07. The monoisotopic (exact) mass is 274 g/mol. The second-order valence-electron chi connectivity index (χ2n) is 3.73. The van der Waals surface area contributed by atoms with Crippen LogP contribution < -0.4 is 5.32 Å². The summed E-state index contributed by atoms with van der Waals surface area (Å²) in [5.41, 5.74) is 0.941. The van der Waals surface area contributed by atoms with Crippen molar-refractivity contribution in [3.05, 3.63) is 24.3 Å². The molecule has 1 N–H and O–H groups in total. The number of nitrogens with zero attached hydrogens (tertiary/aromatic N) is 1. The Kier molecular flexibility index (Phi) is 5.30. The summed E-state index contributed by atoms with van der Waals surface area (Å²) in [4.78, 5) is 0.318. The van der Waals surface area contributed by atoms with Gasteiger partial charge in [-0.1, -0.05) is 0 Å². The SMILES string of the molecule is CSCCNc1ccc(S(=O)(=O)N(C)C)cc1. The largest absolute Gasteiger partial charge is 0.384 e. The predicted molar refractivity (Wildman–Crippen MR) is 74.2 cm³/mol. The van der Waals surface area contributed by atoms with Crippen molar-refractivity contribution in [3.8, 4) is 0 Å². The molecule has 0 aliphatic rings. The number of benzene rings is 1. The second kappa shape index (κ2) is 6.28. The van der Waals surface area contributed by atoms with Crippen LogP contribution in [0.4, 0.5) is 5.69 Å². The van der Waals surface area contributed by atoms with Crippen LogP contribution in [0.15, 0.2) is 29.2 Å². The molecule has 0 unspecified atom stereocenters. The number of rotatable bonds is 6. The normalized spacial score (nSPS) is 11.8. The Morgan fingerprint density at radius 3 is 2.29 bits per heavy atom. The third-order valence-electron chi connectivity index (χ3n) is 2.27. The number of hydrogen-bond donors (Lipinski definition) is 1. The van der Waals surface area contributed by atoms with E-state index in [4.69, 9.17) is 0 Å². The van der Waals surface area contributed by atoms with E-state index in [0.717, 1.165) is 18.0 Å². The minimum atomic E-state index is -3.32. The molecule has 0 aliphatic heterocycles. The van der Waals surface area contributed by atoms with Crippen molar-refractivity contribution in [2.24, 2.45) is 0 Å². The smallest absolute Gasteiger partial charge is 0.242 e. The van der Waals surface area contributed by atoms with Gasteiger partial charge in [-0.25, -0.2) is 12.7 Å². The summed E-state index contributed by atoms with van der Waals surface area (Å²) in [7, 11) is -0.262. The highest BCUT2D eigenvalue weighted by molar-refractivity contribution is 7.98. The average Bonchev–Trinajstić information content (AvgIpc) is 2.30. The van der Waals surface area contributed by atoms with Crippen LogP contribution in [0.2, 0.25) is 0 Å². The lowest BCUT2D eigenvalue weighted by Crippen LogP contribution is -2.22. The maximum Gasteiger partial charge on any atom is 0.242 e. The molecule has 1 rings (SSSR count). The van der Waals surface area contributed by atoms with Gasteiger partial charge >= 0.3 is 0 Å². The fraction of sp³-hybridized carbons (Fsp3) is 0.455. The highest BCUT2D eigenvalue weighted by Gasteiger charge is 2.16. The van der Waals surface area contributed by atoms with Crippen molar-refractivity contribution < 1.29 is 8.42 Å². The van der Waals surface area contributed by atoms with Gasteiger partial charge in [0.2, 0.25) is 10.0 Å². The van der Waals surface area contributed by atoms with Crippen LogP contribution in [-0.2, 0) is 10.0 Å². The number of nitrogens with one attached hydrogen (secondary N) is 1. The minimum Gasteiger partial charge on any atom is -0.384 e. The van der Waals surface area contributed by atoms with E-state index in [1.807, 2.05) is 0 Å². The molecule has 1 aromatic carbocycles. The number of sulfonamides is 1. The van der Waals surface area contributed by atoms with Crippen LogP contribution in [-0.4, -0.2) is 45.4 Å². The van der Waals surface area contributed by atoms with Gasteiger partial charge < -0.3 is 5.32 Å². The summed E-state index contributed by atoms with van der Waals surface area (Å²) in [5.74, 6) is 1.03. The van der Waals surface area contributed by atoms with Crippen molar-refractivity contribution >= 4 is 27.5 Å². The Bertz CT molecular complexity index is 441. The molecule has 0 aliphatic carbocycles. The zero-order valence-corrected chi connectivity index (χ0v) is 11.9. The predicted octanol–water partition coefficient (Wildman–Crippen LogP) is 1.71. The molecule has 0 aromatic heterocycles. The molecule has 96 valence electrons. The molecule has 4 nitrogen and oxygen atoms in total. The van der Waals surface area contributed by atoms with E-state index in [1.54, 1.807) is 36.0 Å². The first-order chi connectivity index (χ1) is 7.98. The molecule has 1 aromatic rings. The van der Waals surface area contributed by atoms with Gasteiger partial charge in [0.1, 0.15) is 0 Å². The minimum absolute atomic E-state index is 0.318. The Morgan fingerprint density at radius 1 is 1.24 bits per heavy atom. The van der Waals surface area contributed by atoms with Gasteiger partial charge in [-0.3, -0.25) is 0 Å². The third-order valence-corrected chi connectivity index (χ3v) is 4.71. The molecule has 0 bridgehead atoms. The highest BCUT2D eigenvalue weighted by atomic mass is 32.2. The maximum atomic E-state index is 11.8. The van der Waals surface area contributed by atoms with Crippen molar-refractivity contribution in [3.63, 3.8) is 0 Å². The molecule has 6 heteroatoms. The van der Waals surface area contributed by atoms with E-state index in [9.17, 15) is 8.42 Å². The number of thioether (sulfide) groups is 1. The fourth-order valence-electron chi connectivity index (χ4n) is 1.25. The van der Waals surface area contributed by atoms with E-state index in [2.05, 4.69) is 11.6 Å². The van der Waals surface area contributed by atoms with Gasteiger partial charge in [-0.05, 0) is 30.5 Å². The summed E-state index contributed by atoms with van der Waals surface area (Å²) in [6.07, 6.45) is 2.05. The number of anilines is 1. The summed E-state index contributed by atoms with van der Waals surface area (Å²) in [5, 5.41) is 3.22. The van der Waals surface area contributed by atoms with E-state index in [1.165, 1.54) is 18.4 Å². The van der Waals surface area contributed by atoms with E-state index in [-0.39, 0.29) is 0 Å². The Balaban J connectivity index is 2.75. The van der Waals surface area contributed by atoms with Crippen LogP contribution in [0, 0.1) is 0 Å². The van der Waals surface area contributed by atoms with Gasteiger partial charge in [0.25, 0.3) is 0 Å². The first kappa shape index (κ1) is 14.3. The lowest BCUT2D eigenvalue weighted by atomic mass is 10.3. The van der Waals surface area contributed by atoms with Crippen molar-refractivity contribution in [1.29, 1.82) is 0 Å². The summed E-state index contributed by atoms with van der Waals surface area (Å²) < 4.78 is 24.8. The summed E-state index contributed by atoms with van der Waals surface area (Å²) in [6, 6.07) is 6.82. The molecule has 0 atom stereocenters. The van der Waals surface area contributed by atoms with Crippen LogP contribution in [0.25, 0.3) is 0 Å². The van der Waals surface area contributed by atoms with E-state index >= 15 is 0 Å². The quantitative estimate of drug-likeness (QED) is 0.802. The second-order valence-corrected chi connectivity index (χ2v) is 6.87. The topological polar surface area (TPSA) is 49.4 Å². The Morgan fingerprint density at radius 2 is 1.82 bits per heavy atom. The highest BCUT2D eigenvalue weighted by Crippen LogP contribution is 2.16. The molecule has 0 fully saturated rings. The molecule has 17 heavy (non-hydrogen) atoms. The molecule has 0 radical (unpaired) electrons. The molecule has 0 saturated carbocycles. The number of hydrogen-bond acceptors (Lipinski definition) is 4. The first-order valence-electron chi connectivity index (χ1n) is 5.24. The van der Waals surface area contributed by atoms with Crippen molar-refractivity contribution in [1.82, 2.24) is 4.31 Å². The zero-order chi connectivity index (χ0) is 12.9. The van der Waals surface area contributed by atoms with Gasteiger partial charge in [-0.2, -0.15) is 11.8 Å². The average molecular weight is 274 g/mol. The lowest BCUT2D eigenvalue weighted by Gasteiger charge is -2.12. The van der Waals surface area contributed by atoms with E-state index in [0.29, 0.717) is 4.90 Å². The van der Waals surface area contributed by atoms with Crippen LogP contribution in [0.5, 0.6) is 0 Å². The maximum absolute atomic E-state index is 11.8. The molecular formula is C11H18N2O2S2. The summed E-state index contributed by atoms with van der Waals surface area (Å²) >= 11 is 1.77. The Hall–Kier alpha value is -0.720. The van der Waals surface area contributed by atoms with Gasteiger partial charge in [0.05, 0.1) is 4.90 Å². The third kappa shape index (κ3) is 3.90. The van der Waals surface area contributed by atoms with Crippen LogP contribution in [0.3, 0.4) is 0 Å². The molecule has 0 heterocycles.